The maximum Gasteiger partial charge on any atom is 0.146 e. The standard InChI is InChI=1S/C19H25N5O/c1-15(16(2)24-11-4-9-22-24)21-13-17-5-7-18(8-6-17)25-14-19-20-10-12-23(19)3/h4-12,15-16,21H,13-14H2,1-3H3/t15-,16+/m0/s1. The Morgan fingerprint density at radius 3 is 2.56 bits per heavy atom. The SMILES string of the molecule is C[C@H](NCc1ccc(OCc2nccn2C)cc1)[C@@H](C)n1cccn1. The summed E-state index contributed by atoms with van der Waals surface area (Å²) in [4.78, 5) is 4.26. The van der Waals surface area contributed by atoms with E-state index in [9.17, 15) is 0 Å². The topological polar surface area (TPSA) is 56.9 Å². The molecule has 6 heteroatoms. The van der Waals surface area contributed by atoms with Crippen molar-refractivity contribution in [2.24, 2.45) is 7.05 Å². The molecular weight excluding hydrogens is 314 g/mol. The number of ether oxygens (including phenoxy) is 1. The second-order valence-electron chi connectivity index (χ2n) is 6.28. The Labute approximate surface area is 148 Å². The lowest BCUT2D eigenvalue weighted by Gasteiger charge is -2.22. The molecule has 0 saturated heterocycles. The van der Waals surface area contributed by atoms with E-state index < -0.39 is 0 Å². The predicted octanol–water partition coefficient (Wildman–Crippen LogP) is 2.93. The minimum atomic E-state index is 0.301. The van der Waals surface area contributed by atoms with E-state index >= 15 is 0 Å². The lowest BCUT2D eigenvalue weighted by molar-refractivity contribution is 0.291. The molecule has 0 aliphatic carbocycles. The molecule has 2 aromatic heterocycles. The fourth-order valence-electron chi connectivity index (χ4n) is 2.59. The fraction of sp³-hybridized carbons (Fsp3) is 0.368. The van der Waals surface area contributed by atoms with E-state index in [0.717, 1.165) is 18.1 Å². The second-order valence-corrected chi connectivity index (χ2v) is 6.28. The van der Waals surface area contributed by atoms with E-state index in [1.54, 1.807) is 6.20 Å². The first kappa shape index (κ1) is 17.2. The monoisotopic (exact) mass is 339 g/mol. The average Bonchev–Trinajstić information content (AvgIpc) is 3.30. The molecule has 0 amide bonds. The number of aryl methyl sites for hydroxylation is 1. The van der Waals surface area contributed by atoms with E-state index in [-0.39, 0.29) is 0 Å². The zero-order valence-electron chi connectivity index (χ0n) is 15.0. The van der Waals surface area contributed by atoms with E-state index in [1.807, 2.05) is 53.1 Å². The van der Waals surface area contributed by atoms with Gasteiger partial charge in [-0.2, -0.15) is 5.10 Å². The van der Waals surface area contributed by atoms with Crippen LogP contribution >= 0.6 is 0 Å². The Kier molecular flexibility index (Phi) is 5.50. The third kappa shape index (κ3) is 4.48. The minimum Gasteiger partial charge on any atom is -0.486 e. The Morgan fingerprint density at radius 1 is 1.12 bits per heavy atom. The van der Waals surface area contributed by atoms with Crippen molar-refractivity contribution in [2.45, 2.75) is 39.1 Å². The van der Waals surface area contributed by atoms with Crippen molar-refractivity contribution in [3.8, 4) is 5.75 Å². The number of rotatable bonds is 8. The summed E-state index contributed by atoms with van der Waals surface area (Å²) in [5, 5.41) is 7.86. The van der Waals surface area contributed by atoms with Gasteiger partial charge in [0.05, 0.1) is 6.04 Å². The van der Waals surface area contributed by atoms with Crippen LogP contribution in [0.5, 0.6) is 5.75 Å². The molecule has 3 aromatic rings. The zero-order chi connectivity index (χ0) is 17.6. The predicted molar refractivity (Wildman–Crippen MR) is 97.2 cm³/mol. The van der Waals surface area contributed by atoms with Gasteiger partial charge < -0.3 is 14.6 Å². The van der Waals surface area contributed by atoms with Gasteiger partial charge in [0, 0.05) is 44.4 Å². The van der Waals surface area contributed by atoms with Crippen LogP contribution in [0.25, 0.3) is 0 Å². The molecule has 6 nitrogen and oxygen atoms in total. The van der Waals surface area contributed by atoms with Gasteiger partial charge in [0.15, 0.2) is 0 Å². The first-order valence-corrected chi connectivity index (χ1v) is 8.54. The highest BCUT2D eigenvalue weighted by atomic mass is 16.5. The Hall–Kier alpha value is -2.60. The van der Waals surface area contributed by atoms with Gasteiger partial charge in [-0.25, -0.2) is 4.98 Å². The molecule has 3 rings (SSSR count). The Bertz CT molecular complexity index is 763. The van der Waals surface area contributed by atoms with Crippen LogP contribution in [-0.2, 0) is 20.2 Å². The first-order valence-electron chi connectivity index (χ1n) is 8.54. The summed E-state index contributed by atoms with van der Waals surface area (Å²) in [6.07, 6.45) is 7.50. The number of benzene rings is 1. The first-order chi connectivity index (χ1) is 12.1. The molecule has 0 saturated carbocycles. The van der Waals surface area contributed by atoms with Crippen LogP contribution in [0.4, 0.5) is 0 Å². The fourth-order valence-corrected chi connectivity index (χ4v) is 2.59. The van der Waals surface area contributed by atoms with Crippen LogP contribution in [0.15, 0.2) is 55.1 Å². The van der Waals surface area contributed by atoms with E-state index in [4.69, 9.17) is 4.74 Å². The van der Waals surface area contributed by atoms with Crippen molar-refractivity contribution in [1.29, 1.82) is 0 Å². The second kappa shape index (κ2) is 7.98. The van der Waals surface area contributed by atoms with Crippen LogP contribution < -0.4 is 10.1 Å². The number of hydrogen-bond acceptors (Lipinski definition) is 4. The maximum atomic E-state index is 5.78. The highest BCUT2D eigenvalue weighted by molar-refractivity contribution is 5.27. The lowest BCUT2D eigenvalue weighted by atomic mass is 10.1. The van der Waals surface area contributed by atoms with Gasteiger partial charge in [-0.05, 0) is 37.6 Å². The van der Waals surface area contributed by atoms with Gasteiger partial charge in [0.25, 0.3) is 0 Å². The van der Waals surface area contributed by atoms with Crippen molar-refractivity contribution >= 4 is 0 Å². The molecule has 0 radical (unpaired) electrons. The average molecular weight is 339 g/mol. The van der Waals surface area contributed by atoms with E-state index in [0.29, 0.717) is 18.7 Å². The normalized spacial score (nSPS) is 13.6. The number of imidazole rings is 1. The molecule has 1 N–H and O–H groups in total. The van der Waals surface area contributed by atoms with Gasteiger partial charge in [-0.1, -0.05) is 12.1 Å². The number of nitrogens with one attached hydrogen (secondary N) is 1. The minimum absolute atomic E-state index is 0.301. The van der Waals surface area contributed by atoms with Crippen LogP contribution in [0.3, 0.4) is 0 Å². The third-order valence-corrected chi connectivity index (χ3v) is 4.51. The molecule has 0 aliphatic rings. The molecule has 1 aromatic carbocycles. The molecule has 0 aliphatic heterocycles. The molecule has 132 valence electrons. The zero-order valence-corrected chi connectivity index (χ0v) is 15.0. The summed E-state index contributed by atoms with van der Waals surface area (Å²) >= 11 is 0. The molecule has 0 bridgehead atoms. The number of aromatic nitrogens is 4. The Balaban J connectivity index is 1.48. The largest absolute Gasteiger partial charge is 0.486 e. The van der Waals surface area contributed by atoms with Crippen LogP contribution in [0.1, 0.15) is 31.3 Å². The number of hydrogen-bond donors (Lipinski definition) is 1. The highest BCUT2D eigenvalue weighted by Gasteiger charge is 2.13. The van der Waals surface area contributed by atoms with Gasteiger partial charge in [0.1, 0.15) is 18.2 Å². The third-order valence-electron chi connectivity index (χ3n) is 4.51. The van der Waals surface area contributed by atoms with Crippen molar-refractivity contribution in [2.75, 3.05) is 0 Å². The van der Waals surface area contributed by atoms with Crippen molar-refractivity contribution < 1.29 is 4.74 Å². The smallest absolute Gasteiger partial charge is 0.146 e. The van der Waals surface area contributed by atoms with Crippen LogP contribution in [0, 0.1) is 0 Å². The van der Waals surface area contributed by atoms with E-state index in [2.05, 4.69) is 41.4 Å². The molecule has 25 heavy (non-hydrogen) atoms. The maximum absolute atomic E-state index is 5.78. The summed E-state index contributed by atoms with van der Waals surface area (Å²) in [7, 11) is 1.96. The lowest BCUT2D eigenvalue weighted by Crippen LogP contribution is -2.33. The summed E-state index contributed by atoms with van der Waals surface area (Å²) in [5.74, 6) is 1.76. The summed E-state index contributed by atoms with van der Waals surface area (Å²) in [5.41, 5.74) is 1.23. The summed E-state index contributed by atoms with van der Waals surface area (Å²) in [6, 6.07) is 10.8. The molecule has 2 heterocycles. The summed E-state index contributed by atoms with van der Waals surface area (Å²) in [6.45, 7) is 5.63. The molecule has 0 spiro atoms. The quantitative estimate of drug-likeness (QED) is 0.685. The van der Waals surface area contributed by atoms with E-state index in [1.165, 1.54) is 5.56 Å². The van der Waals surface area contributed by atoms with Crippen molar-refractivity contribution in [3.63, 3.8) is 0 Å². The molecule has 0 fully saturated rings. The van der Waals surface area contributed by atoms with Crippen molar-refractivity contribution in [3.05, 3.63) is 66.5 Å². The molecule has 0 unspecified atom stereocenters. The molecular formula is C19H25N5O. The molecule has 2 atom stereocenters. The van der Waals surface area contributed by atoms with Gasteiger partial charge in [-0.15, -0.1) is 0 Å². The van der Waals surface area contributed by atoms with Gasteiger partial charge >= 0.3 is 0 Å². The Morgan fingerprint density at radius 2 is 1.92 bits per heavy atom. The van der Waals surface area contributed by atoms with Gasteiger partial charge in [-0.3, -0.25) is 4.68 Å². The van der Waals surface area contributed by atoms with Crippen LogP contribution in [-0.4, -0.2) is 25.4 Å². The highest BCUT2D eigenvalue weighted by Crippen LogP contribution is 2.15. The van der Waals surface area contributed by atoms with Crippen molar-refractivity contribution in [1.82, 2.24) is 24.6 Å². The van der Waals surface area contributed by atoms with Crippen LogP contribution in [0.2, 0.25) is 0 Å². The number of nitrogens with zero attached hydrogens (tertiary/aromatic N) is 4. The summed E-state index contributed by atoms with van der Waals surface area (Å²) < 4.78 is 9.72. The van der Waals surface area contributed by atoms with Gasteiger partial charge in [0.2, 0.25) is 0 Å².